The van der Waals surface area contributed by atoms with Crippen LogP contribution < -0.4 is 0 Å². The molecular formula is C26H29BrN2O2. The van der Waals surface area contributed by atoms with Crippen molar-refractivity contribution in [2.24, 2.45) is 0 Å². The molecule has 2 heterocycles. The standard InChI is InChI=1S/C26H29BrN2O2/c1-4-15-11-17-12-21-19-6-5-18(27)13-23(19)28-24(21)26(2,3)22(17)14-20(15)16-7-9-29(10-8-16)25(30)31/h5-6,11,13-14,16,28H,4,7-10,12H2,1-3H3,(H,30,31). The first-order chi connectivity index (χ1) is 14.8. The number of piperidine rings is 1. The lowest BCUT2D eigenvalue weighted by molar-refractivity contribution is 0.132. The molecule has 1 aliphatic carbocycles. The van der Waals surface area contributed by atoms with Gasteiger partial charge in [-0.25, -0.2) is 4.79 Å². The van der Waals surface area contributed by atoms with Crippen molar-refractivity contribution < 1.29 is 9.90 Å². The highest BCUT2D eigenvalue weighted by atomic mass is 79.9. The van der Waals surface area contributed by atoms with Gasteiger partial charge in [-0.15, -0.1) is 0 Å². The van der Waals surface area contributed by atoms with Gasteiger partial charge in [0, 0.05) is 46.0 Å². The zero-order valence-corrected chi connectivity index (χ0v) is 20.0. The lowest BCUT2D eigenvalue weighted by Gasteiger charge is -2.36. The van der Waals surface area contributed by atoms with Crippen LogP contribution in [0.15, 0.2) is 34.8 Å². The molecule has 2 aliphatic rings. The molecule has 31 heavy (non-hydrogen) atoms. The van der Waals surface area contributed by atoms with Gasteiger partial charge in [0.05, 0.1) is 0 Å². The molecule has 2 N–H and O–H groups in total. The van der Waals surface area contributed by atoms with Gasteiger partial charge in [-0.1, -0.05) is 54.9 Å². The van der Waals surface area contributed by atoms with Crippen molar-refractivity contribution >= 4 is 32.9 Å². The molecule has 1 amide bonds. The largest absolute Gasteiger partial charge is 0.465 e. The number of carbonyl (C=O) groups is 1. The van der Waals surface area contributed by atoms with Crippen molar-refractivity contribution in [3.63, 3.8) is 0 Å². The average Bonchev–Trinajstić information content (AvgIpc) is 3.11. The highest BCUT2D eigenvalue weighted by Gasteiger charge is 2.36. The molecule has 5 rings (SSSR count). The molecule has 162 valence electrons. The quantitative estimate of drug-likeness (QED) is 0.435. The van der Waals surface area contributed by atoms with Crippen LogP contribution in [0.4, 0.5) is 4.79 Å². The summed E-state index contributed by atoms with van der Waals surface area (Å²) in [5, 5.41) is 10.6. The topological polar surface area (TPSA) is 56.3 Å². The highest BCUT2D eigenvalue weighted by Crippen LogP contribution is 2.46. The van der Waals surface area contributed by atoms with Gasteiger partial charge in [0.25, 0.3) is 0 Å². The molecule has 4 nitrogen and oxygen atoms in total. The summed E-state index contributed by atoms with van der Waals surface area (Å²) in [7, 11) is 0. The number of benzene rings is 2. The van der Waals surface area contributed by atoms with Crippen molar-refractivity contribution in [3.8, 4) is 0 Å². The predicted molar refractivity (Wildman–Crippen MR) is 128 cm³/mol. The van der Waals surface area contributed by atoms with Crippen LogP contribution in [-0.4, -0.2) is 34.2 Å². The Morgan fingerprint density at radius 1 is 1.23 bits per heavy atom. The SMILES string of the molecule is CCc1cc2c(cc1C1CCN(C(=O)O)CC1)C(C)(C)c1[nH]c3cc(Br)ccc3c1C2. The zero-order valence-electron chi connectivity index (χ0n) is 18.4. The molecule has 0 spiro atoms. The molecular weight excluding hydrogens is 452 g/mol. The Kier molecular flexibility index (Phi) is 4.93. The molecule has 0 saturated carbocycles. The molecule has 1 fully saturated rings. The van der Waals surface area contributed by atoms with Gasteiger partial charge in [0.1, 0.15) is 0 Å². The summed E-state index contributed by atoms with van der Waals surface area (Å²) in [6.07, 6.45) is 2.99. The summed E-state index contributed by atoms with van der Waals surface area (Å²) in [5.74, 6) is 0.437. The van der Waals surface area contributed by atoms with Crippen LogP contribution in [0.5, 0.6) is 0 Å². The van der Waals surface area contributed by atoms with E-state index in [1.54, 1.807) is 4.90 Å². The molecule has 5 heteroatoms. The number of amides is 1. The summed E-state index contributed by atoms with van der Waals surface area (Å²) in [4.78, 5) is 16.6. The molecule has 2 aromatic carbocycles. The Morgan fingerprint density at radius 3 is 2.65 bits per heavy atom. The van der Waals surface area contributed by atoms with Gasteiger partial charge in [0.15, 0.2) is 0 Å². The molecule has 0 atom stereocenters. The van der Waals surface area contributed by atoms with Crippen LogP contribution in [0, 0.1) is 0 Å². The fraction of sp³-hybridized carbons (Fsp3) is 0.423. The van der Waals surface area contributed by atoms with Gasteiger partial charge >= 0.3 is 6.09 Å². The predicted octanol–water partition coefficient (Wildman–Crippen LogP) is 6.58. The third-order valence-electron chi connectivity index (χ3n) is 7.49. The number of nitrogens with one attached hydrogen (secondary N) is 1. The Hall–Kier alpha value is -2.27. The second-order valence-electron chi connectivity index (χ2n) is 9.58. The highest BCUT2D eigenvalue weighted by molar-refractivity contribution is 9.10. The Labute approximate surface area is 191 Å². The maximum Gasteiger partial charge on any atom is 0.407 e. The number of H-pyrrole nitrogens is 1. The maximum atomic E-state index is 11.3. The van der Waals surface area contributed by atoms with E-state index in [2.05, 4.69) is 72.0 Å². The maximum absolute atomic E-state index is 11.3. The van der Waals surface area contributed by atoms with E-state index in [0.29, 0.717) is 19.0 Å². The van der Waals surface area contributed by atoms with Crippen LogP contribution >= 0.6 is 15.9 Å². The van der Waals surface area contributed by atoms with E-state index in [9.17, 15) is 9.90 Å². The molecule has 0 unspecified atom stereocenters. The Morgan fingerprint density at radius 2 is 1.97 bits per heavy atom. The number of carboxylic acid groups (broad SMARTS) is 1. The first-order valence-corrected chi connectivity index (χ1v) is 12.0. The van der Waals surface area contributed by atoms with Crippen molar-refractivity contribution in [1.82, 2.24) is 9.88 Å². The number of rotatable bonds is 2. The first-order valence-electron chi connectivity index (χ1n) is 11.2. The number of halogens is 1. The van der Waals surface area contributed by atoms with Crippen LogP contribution in [0.2, 0.25) is 0 Å². The number of aryl methyl sites for hydroxylation is 1. The third kappa shape index (κ3) is 3.29. The van der Waals surface area contributed by atoms with Crippen LogP contribution in [0.1, 0.15) is 73.0 Å². The normalized spacial score (nSPS) is 18.1. The van der Waals surface area contributed by atoms with E-state index in [1.165, 1.54) is 44.4 Å². The second-order valence-corrected chi connectivity index (χ2v) is 10.5. The number of hydrogen-bond donors (Lipinski definition) is 2. The number of likely N-dealkylation sites (tertiary alicyclic amines) is 1. The van der Waals surface area contributed by atoms with Crippen LogP contribution in [-0.2, 0) is 18.3 Å². The lowest BCUT2D eigenvalue weighted by atomic mass is 9.69. The number of hydrogen-bond acceptors (Lipinski definition) is 1. The van der Waals surface area contributed by atoms with E-state index < -0.39 is 6.09 Å². The van der Waals surface area contributed by atoms with Gasteiger partial charge in [-0.3, -0.25) is 0 Å². The lowest BCUT2D eigenvalue weighted by Crippen LogP contribution is -2.37. The van der Waals surface area contributed by atoms with Crippen LogP contribution in [0.25, 0.3) is 10.9 Å². The second kappa shape index (κ2) is 7.40. The number of fused-ring (bicyclic) bond motifs is 4. The summed E-state index contributed by atoms with van der Waals surface area (Å²) in [5.41, 5.74) is 9.54. The van der Waals surface area contributed by atoms with Crippen molar-refractivity contribution in [2.45, 2.75) is 57.8 Å². The number of aromatic amines is 1. The van der Waals surface area contributed by atoms with E-state index in [1.807, 2.05) is 0 Å². The van der Waals surface area contributed by atoms with E-state index in [0.717, 1.165) is 30.2 Å². The fourth-order valence-electron chi connectivity index (χ4n) is 5.78. The molecule has 1 aromatic heterocycles. The van der Waals surface area contributed by atoms with Crippen molar-refractivity contribution in [2.75, 3.05) is 13.1 Å². The Bertz CT molecular complexity index is 1190. The van der Waals surface area contributed by atoms with E-state index in [-0.39, 0.29) is 5.41 Å². The third-order valence-corrected chi connectivity index (χ3v) is 7.98. The number of nitrogens with zero attached hydrogens (tertiary/aromatic N) is 1. The minimum atomic E-state index is -0.793. The van der Waals surface area contributed by atoms with Gasteiger partial charge in [-0.2, -0.15) is 0 Å². The van der Waals surface area contributed by atoms with Crippen molar-refractivity contribution in [1.29, 1.82) is 0 Å². The van der Waals surface area contributed by atoms with E-state index in [4.69, 9.17) is 0 Å². The summed E-state index contributed by atoms with van der Waals surface area (Å²) >= 11 is 3.61. The Balaban J connectivity index is 1.58. The monoisotopic (exact) mass is 480 g/mol. The van der Waals surface area contributed by atoms with Gasteiger partial charge < -0.3 is 15.0 Å². The van der Waals surface area contributed by atoms with Gasteiger partial charge in [-0.05, 0) is 65.1 Å². The van der Waals surface area contributed by atoms with Gasteiger partial charge in [0.2, 0.25) is 0 Å². The summed E-state index contributed by atoms with van der Waals surface area (Å²) in [6.45, 7) is 8.16. The first kappa shape index (κ1) is 20.6. The molecule has 3 aromatic rings. The zero-order chi connectivity index (χ0) is 21.9. The minimum absolute atomic E-state index is 0.1000. The van der Waals surface area contributed by atoms with Crippen LogP contribution in [0.3, 0.4) is 0 Å². The average molecular weight is 481 g/mol. The molecule has 0 bridgehead atoms. The minimum Gasteiger partial charge on any atom is -0.465 e. The smallest absolute Gasteiger partial charge is 0.407 e. The molecule has 1 saturated heterocycles. The summed E-state index contributed by atoms with van der Waals surface area (Å²) in [6, 6.07) is 11.4. The fourth-order valence-corrected chi connectivity index (χ4v) is 6.14. The molecule has 1 aliphatic heterocycles. The number of aromatic nitrogens is 1. The van der Waals surface area contributed by atoms with Crippen molar-refractivity contribution in [3.05, 3.63) is 68.3 Å². The van der Waals surface area contributed by atoms with E-state index >= 15 is 0 Å². The summed E-state index contributed by atoms with van der Waals surface area (Å²) < 4.78 is 1.09. The molecule has 0 radical (unpaired) electrons.